The number of carbonyl (C=O) groups is 1. The number of benzene rings is 2. The molecule has 3 aromatic rings. The molecule has 2 N–H and O–H groups in total. The number of aromatic nitrogens is 1. The van der Waals surface area contributed by atoms with Gasteiger partial charge < -0.3 is 15.0 Å². The fourth-order valence-corrected chi connectivity index (χ4v) is 3.00. The van der Waals surface area contributed by atoms with Crippen LogP contribution >= 0.6 is 11.6 Å². The third-order valence-electron chi connectivity index (χ3n) is 4.08. The molecule has 0 spiro atoms. The lowest BCUT2D eigenvalue weighted by atomic mass is 10.1. The Labute approximate surface area is 145 Å². The van der Waals surface area contributed by atoms with Crippen molar-refractivity contribution >= 4 is 28.5 Å². The molecule has 0 saturated carbocycles. The zero-order chi connectivity index (χ0) is 17.1. The summed E-state index contributed by atoms with van der Waals surface area (Å²) in [5, 5.41) is 1.83. The van der Waals surface area contributed by atoms with Crippen LogP contribution in [0.25, 0.3) is 10.9 Å². The van der Waals surface area contributed by atoms with Crippen molar-refractivity contribution in [2.75, 3.05) is 7.11 Å². The van der Waals surface area contributed by atoms with Gasteiger partial charge >= 0.3 is 5.97 Å². The number of halogens is 1. The van der Waals surface area contributed by atoms with E-state index in [0.29, 0.717) is 6.42 Å². The van der Waals surface area contributed by atoms with Gasteiger partial charge in [-0.05, 0) is 29.3 Å². The summed E-state index contributed by atoms with van der Waals surface area (Å²) >= 11 is 5.95. The number of hydrogen-bond donors (Lipinski definition) is 1. The molecule has 0 bridgehead atoms. The van der Waals surface area contributed by atoms with Gasteiger partial charge in [-0.1, -0.05) is 41.9 Å². The molecule has 1 heterocycles. The van der Waals surface area contributed by atoms with Crippen LogP contribution in [-0.2, 0) is 22.5 Å². The van der Waals surface area contributed by atoms with Crippen molar-refractivity contribution in [2.45, 2.75) is 19.0 Å². The van der Waals surface area contributed by atoms with E-state index in [0.717, 1.165) is 33.6 Å². The Morgan fingerprint density at radius 2 is 1.92 bits per heavy atom. The minimum absolute atomic E-state index is 0.399. The van der Waals surface area contributed by atoms with Gasteiger partial charge in [-0.3, -0.25) is 4.79 Å². The molecule has 0 fully saturated rings. The van der Waals surface area contributed by atoms with E-state index in [2.05, 4.69) is 16.8 Å². The Balaban J connectivity index is 1.94. The molecule has 24 heavy (non-hydrogen) atoms. The van der Waals surface area contributed by atoms with Crippen molar-refractivity contribution in [3.63, 3.8) is 0 Å². The van der Waals surface area contributed by atoms with Crippen LogP contribution in [0.3, 0.4) is 0 Å². The molecule has 4 nitrogen and oxygen atoms in total. The van der Waals surface area contributed by atoms with Gasteiger partial charge in [0.1, 0.15) is 6.04 Å². The molecule has 3 rings (SSSR count). The summed E-state index contributed by atoms with van der Waals surface area (Å²) in [6.45, 7) is 0.727. The van der Waals surface area contributed by atoms with Gasteiger partial charge in [0.25, 0.3) is 0 Å². The number of nitrogens with two attached hydrogens (primary N) is 1. The zero-order valence-electron chi connectivity index (χ0n) is 13.4. The highest BCUT2D eigenvalue weighted by Crippen LogP contribution is 2.24. The highest BCUT2D eigenvalue weighted by atomic mass is 35.5. The number of ether oxygens (including phenoxy) is 1. The third-order valence-corrected chi connectivity index (χ3v) is 4.33. The molecule has 5 heteroatoms. The molecular formula is C19H19ClN2O2. The predicted octanol–water partition coefficient (Wildman–Crippen LogP) is 3.39. The predicted molar refractivity (Wildman–Crippen MR) is 96.2 cm³/mol. The molecular weight excluding hydrogens is 324 g/mol. The number of rotatable bonds is 5. The molecule has 1 aromatic heterocycles. The van der Waals surface area contributed by atoms with Crippen molar-refractivity contribution < 1.29 is 9.53 Å². The second kappa shape index (κ2) is 7.07. The van der Waals surface area contributed by atoms with Crippen molar-refractivity contribution in [3.05, 3.63) is 70.9 Å². The minimum Gasteiger partial charge on any atom is -0.468 e. The minimum atomic E-state index is -0.662. The number of nitrogens with zero attached hydrogens (tertiary/aromatic N) is 1. The van der Waals surface area contributed by atoms with Crippen molar-refractivity contribution in [1.82, 2.24) is 4.57 Å². The Hall–Kier alpha value is -2.30. The number of para-hydroxylation sites is 1. The number of methoxy groups -OCH3 is 1. The molecule has 0 amide bonds. The topological polar surface area (TPSA) is 57.2 Å². The smallest absolute Gasteiger partial charge is 0.322 e. The standard InChI is InChI=1S/C19H19ClN2O2/c1-24-19(23)17(21)10-14-12-22(18-5-3-2-4-16(14)18)11-13-6-8-15(20)9-7-13/h2-9,12,17H,10-11,21H2,1H3. The quantitative estimate of drug-likeness (QED) is 0.723. The molecule has 2 aromatic carbocycles. The first-order valence-electron chi connectivity index (χ1n) is 7.73. The van der Waals surface area contributed by atoms with Gasteiger partial charge in [-0.15, -0.1) is 0 Å². The number of esters is 1. The van der Waals surface area contributed by atoms with Crippen LogP contribution in [0.5, 0.6) is 0 Å². The summed E-state index contributed by atoms with van der Waals surface area (Å²) < 4.78 is 6.89. The molecule has 0 aliphatic rings. The lowest BCUT2D eigenvalue weighted by Crippen LogP contribution is -2.33. The van der Waals surface area contributed by atoms with E-state index < -0.39 is 12.0 Å². The first-order valence-corrected chi connectivity index (χ1v) is 8.11. The summed E-state index contributed by atoms with van der Waals surface area (Å²) in [5.74, 6) is -0.399. The van der Waals surface area contributed by atoms with Crippen LogP contribution in [0.15, 0.2) is 54.7 Å². The second-order valence-electron chi connectivity index (χ2n) is 5.76. The van der Waals surface area contributed by atoms with E-state index >= 15 is 0 Å². The first-order chi connectivity index (χ1) is 11.6. The van der Waals surface area contributed by atoms with Crippen LogP contribution in [-0.4, -0.2) is 23.7 Å². The van der Waals surface area contributed by atoms with Gasteiger partial charge in [-0.2, -0.15) is 0 Å². The molecule has 124 valence electrons. The van der Waals surface area contributed by atoms with E-state index in [9.17, 15) is 4.79 Å². The van der Waals surface area contributed by atoms with E-state index in [4.69, 9.17) is 22.1 Å². The van der Waals surface area contributed by atoms with E-state index in [1.54, 1.807) is 0 Å². The zero-order valence-corrected chi connectivity index (χ0v) is 14.2. The van der Waals surface area contributed by atoms with Crippen LogP contribution < -0.4 is 5.73 Å². The highest BCUT2D eigenvalue weighted by Gasteiger charge is 2.17. The Morgan fingerprint density at radius 1 is 1.21 bits per heavy atom. The van der Waals surface area contributed by atoms with Crippen molar-refractivity contribution in [3.8, 4) is 0 Å². The lowest BCUT2D eigenvalue weighted by Gasteiger charge is -2.08. The highest BCUT2D eigenvalue weighted by molar-refractivity contribution is 6.30. The van der Waals surface area contributed by atoms with Gasteiger partial charge in [0.15, 0.2) is 0 Å². The molecule has 0 radical (unpaired) electrons. The van der Waals surface area contributed by atoms with E-state index in [-0.39, 0.29) is 0 Å². The third kappa shape index (κ3) is 3.45. The maximum absolute atomic E-state index is 11.6. The average molecular weight is 343 g/mol. The second-order valence-corrected chi connectivity index (χ2v) is 6.20. The Morgan fingerprint density at radius 3 is 2.62 bits per heavy atom. The molecule has 1 atom stereocenters. The number of hydrogen-bond acceptors (Lipinski definition) is 3. The van der Waals surface area contributed by atoms with Gasteiger partial charge in [0.05, 0.1) is 7.11 Å². The fourth-order valence-electron chi connectivity index (χ4n) is 2.87. The van der Waals surface area contributed by atoms with Gasteiger partial charge in [-0.25, -0.2) is 0 Å². The van der Waals surface area contributed by atoms with Crippen LogP contribution in [0.4, 0.5) is 0 Å². The molecule has 0 aliphatic heterocycles. The van der Waals surface area contributed by atoms with E-state index in [1.165, 1.54) is 7.11 Å². The molecule has 0 saturated heterocycles. The van der Waals surface area contributed by atoms with Crippen molar-refractivity contribution in [1.29, 1.82) is 0 Å². The number of fused-ring (bicyclic) bond motifs is 1. The summed E-state index contributed by atoms with van der Waals surface area (Å²) in [7, 11) is 1.35. The summed E-state index contributed by atoms with van der Waals surface area (Å²) in [6, 6.07) is 15.2. The van der Waals surface area contributed by atoms with Crippen LogP contribution in [0.2, 0.25) is 5.02 Å². The molecule has 0 aliphatic carbocycles. The Bertz CT molecular complexity index is 855. The lowest BCUT2D eigenvalue weighted by molar-refractivity contribution is -0.142. The largest absolute Gasteiger partial charge is 0.468 e. The van der Waals surface area contributed by atoms with Crippen LogP contribution in [0, 0.1) is 0 Å². The summed E-state index contributed by atoms with van der Waals surface area (Å²) in [4.78, 5) is 11.6. The SMILES string of the molecule is COC(=O)C(N)Cc1cn(Cc2ccc(Cl)cc2)c2ccccc12. The first kappa shape index (κ1) is 16.6. The van der Waals surface area contributed by atoms with E-state index in [1.807, 2.05) is 42.5 Å². The normalized spacial score (nSPS) is 12.3. The maximum Gasteiger partial charge on any atom is 0.322 e. The van der Waals surface area contributed by atoms with Crippen LogP contribution in [0.1, 0.15) is 11.1 Å². The van der Waals surface area contributed by atoms with Crippen molar-refractivity contribution in [2.24, 2.45) is 5.73 Å². The molecule has 1 unspecified atom stereocenters. The summed E-state index contributed by atoms with van der Waals surface area (Å²) in [5.41, 5.74) is 9.24. The Kier molecular flexibility index (Phi) is 4.88. The fraction of sp³-hybridized carbons (Fsp3) is 0.211. The monoisotopic (exact) mass is 342 g/mol. The van der Waals surface area contributed by atoms with Gasteiger partial charge in [0.2, 0.25) is 0 Å². The summed E-state index contributed by atoms with van der Waals surface area (Å²) in [6.07, 6.45) is 2.50. The maximum atomic E-state index is 11.6. The number of carbonyl (C=O) groups excluding carboxylic acids is 1. The average Bonchev–Trinajstić information content (AvgIpc) is 2.94. The van der Waals surface area contributed by atoms with Gasteiger partial charge in [0, 0.05) is 35.1 Å².